The van der Waals surface area contributed by atoms with Gasteiger partial charge >= 0.3 is 0 Å². The van der Waals surface area contributed by atoms with Crippen molar-refractivity contribution in [1.82, 2.24) is 9.97 Å². The Kier molecular flexibility index (Phi) is 15.0. The SMILES string of the molecule is CCCCCCCCCCCOc1cnc(-c2ccc(OCCCCCCCC)cc2F)nc1. The molecule has 5 heteroatoms. The predicted octanol–water partition coefficient (Wildman–Crippen LogP) is 8.93. The largest absolute Gasteiger partial charge is 0.493 e. The number of nitrogens with zero attached hydrogens (tertiary/aromatic N) is 2. The van der Waals surface area contributed by atoms with Gasteiger partial charge < -0.3 is 9.47 Å². The highest BCUT2D eigenvalue weighted by Gasteiger charge is 2.10. The number of halogens is 1. The first kappa shape index (κ1) is 28.1. The molecule has 190 valence electrons. The highest BCUT2D eigenvalue weighted by molar-refractivity contribution is 5.57. The van der Waals surface area contributed by atoms with E-state index in [0.717, 1.165) is 19.3 Å². The van der Waals surface area contributed by atoms with Crippen molar-refractivity contribution in [3.05, 3.63) is 36.4 Å². The zero-order valence-electron chi connectivity index (χ0n) is 21.5. The lowest BCUT2D eigenvalue weighted by molar-refractivity contribution is 0.302. The van der Waals surface area contributed by atoms with Gasteiger partial charge in [-0.15, -0.1) is 0 Å². The summed E-state index contributed by atoms with van der Waals surface area (Å²) >= 11 is 0. The second-order valence-electron chi connectivity index (χ2n) is 9.18. The van der Waals surface area contributed by atoms with Crippen LogP contribution in [0.4, 0.5) is 4.39 Å². The Hall–Kier alpha value is -2.17. The molecule has 0 radical (unpaired) electrons. The average molecular weight is 473 g/mol. The van der Waals surface area contributed by atoms with E-state index < -0.39 is 0 Å². The number of rotatable bonds is 20. The Morgan fingerprint density at radius 1 is 0.618 bits per heavy atom. The van der Waals surface area contributed by atoms with Gasteiger partial charge in [-0.25, -0.2) is 14.4 Å². The summed E-state index contributed by atoms with van der Waals surface area (Å²) in [5.41, 5.74) is 0.373. The third-order valence-corrected chi connectivity index (χ3v) is 6.09. The first-order valence-corrected chi connectivity index (χ1v) is 13.6. The van der Waals surface area contributed by atoms with Gasteiger partial charge in [0.25, 0.3) is 0 Å². The van der Waals surface area contributed by atoms with Crippen LogP contribution >= 0.6 is 0 Å². The third-order valence-electron chi connectivity index (χ3n) is 6.09. The van der Waals surface area contributed by atoms with Gasteiger partial charge in [0.15, 0.2) is 11.6 Å². The Balaban J connectivity index is 1.64. The molecule has 0 unspecified atom stereocenters. The highest BCUT2D eigenvalue weighted by atomic mass is 19.1. The van der Waals surface area contributed by atoms with Crippen LogP contribution in [-0.4, -0.2) is 23.2 Å². The predicted molar refractivity (Wildman–Crippen MR) is 139 cm³/mol. The van der Waals surface area contributed by atoms with Gasteiger partial charge in [0.1, 0.15) is 11.6 Å². The molecule has 0 amide bonds. The van der Waals surface area contributed by atoms with E-state index in [0.29, 0.717) is 36.1 Å². The molecule has 0 N–H and O–H groups in total. The number of ether oxygens (including phenoxy) is 2. The third kappa shape index (κ3) is 11.8. The molecule has 1 aromatic carbocycles. The fourth-order valence-electron chi connectivity index (χ4n) is 3.97. The molecular weight excluding hydrogens is 427 g/mol. The van der Waals surface area contributed by atoms with Gasteiger partial charge in [0, 0.05) is 6.07 Å². The molecule has 4 nitrogen and oxygen atoms in total. The van der Waals surface area contributed by atoms with Crippen molar-refractivity contribution in [3.63, 3.8) is 0 Å². The summed E-state index contributed by atoms with van der Waals surface area (Å²) in [6.07, 6.45) is 22.0. The minimum absolute atomic E-state index is 0.357. The Morgan fingerprint density at radius 2 is 1.09 bits per heavy atom. The number of unbranched alkanes of at least 4 members (excludes halogenated alkanes) is 13. The van der Waals surface area contributed by atoms with Crippen LogP contribution in [0.5, 0.6) is 11.5 Å². The summed E-state index contributed by atoms with van der Waals surface area (Å²) in [5, 5.41) is 0. The molecule has 0 bridgehead atoms. The van der Waals surface area contributed by atoms with Gasteiger partial charge in [-0.2, -0.15) is 0 Å². The van der Waals surface area contributed by atoms with E-state index in [1.165, 1.54) is 83.1 Å². The lowest BCUT2D eigenvalue weighted by atomic mass is 10.1. The topological polar surface area (TPSA) is 44.2 Å². The summed E-state index contributed by atoms with van der Waals surface area (Å²) in [6.45, 7) is 5.75. The minimum Gasteiger partial charge on any atom is -0.493 e. The molecule has 0 atom stereocenters. The molecule has 0 saturated heterocycles. The van der Waals surface area contributed by atoms with E-state index >= 15 is 0 Å². The number of benzene rings is 1. The Bertz CT molecular complexity index is 767. The molecule has 0 saturated carbocycles. The molecule has 0 aliphatic rings. The maximum Gasteiger partial charge on any atom is 0.162 e. The molecule has 0 spiro atoms. The summed E-state index contributed by atoms with van der Waals surface area (Å²) in [6, 6.07) is 4.89. The second kappa shape index (κ2) is 18.2. The molecular formula is C29H45FN2O2. The molecule has 0 fully saturated rings. The van der Waals surface area contributed by atoms with Crippen molar-refractivity contribution >= 4 is 0 Å². The normalized spacial score (nSPS) is 11.0. The highest BCUT2D eigenvalue weighted by Crippen LogP contribution is 2.24. The smallest absolute Gasteiger partial charge is 0.162 e. The van der Waals surface area contributed by atoms with Crippen molar-refractivity contribution < 1.29 is 13.9 Å². The summed E-state index contributed by atoms with van der Waals surface area (Å²) < 4.78 is 26.1. The van der Waals surface area contributed by atoms with Crippen molar-refractivity contribution in [2.24, 2.45) is 0 Å². The zero-order valence-corrected chi connectivity index (χ0v) is 21.5. The van der Waals surface area contributed by atoms with E-state index in [2.05, 4.69) is 23.8 Å². The molecule has 2 aromatic rings. The monoisotopic (exact) mass is 472 g/mol. The van der Waals surface area contributed by atoms with Gasteiger partial charge in [-0.05, 0) is 25.0 Å². The van der Waals surface area contributed by atoms with Crippen LogP contribution in [-0.2, 0) is 0 Å². The molecule has 0 aliphatic heterocycles. The summed E-state index contributed by atoms with van der Waals surface area (Å²) in [5.74, 6) is 1.16. The van der Waals surface area contributed by atoms with Crippen LogP contribution in [0.2, 0.25) is 0 Å². The van der Waals surface area contributed by atoms with Crippen LogP contribution in [0, 0.1) is 5.82 Å². The van der Waals surface area contributed by atoms with E-state index in [4.69, 9.17) is 9.47 Å². The maximum absolute atomic E-state index is 14.6. The lowest BCUT2D eigenvalue weighted by Gasteiger charge is -2.09. The Morgan fingerprint density at radius 3 is 1.59 bits per heavy atom. The maximum atomic E-state index is 14.6. The quantitative estimate of drug-likeness (QED) is 0.180. The van der Waals surface area contributed by atoms with Crippen molar-refractivity contribution in [2.75, 3.05) is 13.2 Å². The standard InChI is InChI=1S/C29H45FN2O2/c1-3-5-7-9-11-12-13-15-17-21-34-26-23-31-29(32-24-26)27-19-18-25(22-28(27)30)33-20-16-14-10-8-6-4-2/h18-19,22-24H,3-17,20-21H2,1-2H3. The van der Waals surface area contributed by atoms with Crippen LogP contribution in [0.3, 0.4) is 0 Å². The molecule has 34 heavy (non-hydrogen) atoms. The van der Waals surface area contributed by atoms with E-state index in [1.54, 1.807) is 24.5 Å². The first-order valence-electron chi connectivity index (χ1n) is 13.6. The minimum atomic E-state index is -0.371. The fourth-order valence-corrected chi connectivity index (χ4v) is 3.97. The van der Waals surface area contributed by atoms with Gasteiger partial charge in [-0.1, -0.05) is 97.3 Å². The van der Waals surface area contributed by atoms with Crippen LogP contribution in [0.15, 0.2) is 30.6 Å². The Labute approximate surface area is 206 Å². The first-order chi connectivity index (χ1) is 16.7. The molecule has 2 rings (SSSR count). The van der Waals surface area contributed by atoms with Crippen molar-refractivity contribution in [2.45, 2.75) is 110 Å². The fraction of sp³-hybridized carbons (Fsp3) is 0.655. The molecule has 1 heterocycles. The van der Waals surface area contributed by atoms with Crippen molar-refractivity contribution in [1.29, 1.82) is 0 Å². The number of hydrogen-bond donors (Lipinski definition) is 0. The second-order valence-corrected chi connectivity index (χ2v) is 9.18. The van der Waals surface area contributed by atoms with Crippen LogP contribution < -0.4 is 9.47 Å². The number of hydrogen-bond acceptors (Lipinski definition) is 4. The van der Waals surface area contributed by atoms with Gasteiger partial charge in [-0.3, -0.25) is 0 Å². The molecule has 1 aromatic heterocycles. The van der Waals surface area contributed by atoms with Crippen LogP contribution in [0.1, 0.15) is 110 Å². The number of aromatic nitrogens is 2. The van der Waals surface area contributed by atoms with E-state index in [-0.39, 0.29) is 5.82 Å². The molecule has 0 aliphatic carbocycles. The zero-order chi connectivity index (χ0) is 24.3. The van der Waals surface area contributed by atoms with Crippen LogP contribution in [0.25, 0.3) is 11.4 Å². The van der Waals surface area contributed by atoms with Gasteiger partial charge in [0.05, 0.1) is 31.2 Å². The van der Waals surface area contributed by atoms with E-state index in [1.807, 2.05) is 0 Å². The average Bonchev–Trinajstić information content (AvgIpc) is 2.85. The van der Waals surface area contributed by atoms with E-state index in [9.17, 15) is 4.39 Å². The summed E-state index contributed by atoms with van der Waals surface area (Å²) in [7, 11) is 0. The summed E-state index contributed by atoms with van der Waals surface area (Å²) in [4.78, 5) is 8.59. The van der Waals surface area contributed by atoms with Crippen molar-refractivity contribution in [3.8, 4) is 22.9 Å². The van der Waals surface area contributed by atoms with Gasteiger partial charge in [0.2, 0.25) is 0 Å². The lowest BCUT2D eigenvalue weighted by Crippen LogP contribution is -2.00.